The third kappa shape index (κ3) is 2.72. The molecule has 6 nitrogen and oxygen atoms in total. The number of ether oxygens (including phenoxy) is 2. The molecule has 0 aliphatic carbocycles. The van der Waals surface area contributed by atoms with E-state index in [1.807, 2.05) is 12.1 Å². The number of nitrogens with one attached hydrogen (secondary N) is 1. The molecule has 0 unspecified atom stereocenters. The zero-order chi connectivity index (χ0) is 13.7. The lowest BCUT2D eigenvalue weighted by Gasteiger charge is -2.10. The van der Waals surface area contributed by atoms with Crippen molar-refractivity contribution >= 4 is 5.95 Å². The van der Waals surface area contributed by atoms with Crippen LogP contribution in [0.1, 0.15) is 0 Å². The summed E-state index contributed by atoms with van der Waals surface area (Å²) in [6.07, 6.45) is 5.01. The van der Waals surface area contributed by atoms with E-state index in [-0.39, 0.29) is 5.95 Å². The highest BCUT2D eigenvalue weighted by Gasteiger charge is 2.08. The van der Waals surface area contributed by atoms with Crippen LogP contribution in [0.15, 0.2) is 30.6 Å². The molecule has 0 saturated carbocycles. The van der Waals surface area contributed by atoms with Crippen LogP contribution in [0, 0.1) is 11.5 Å². The zero-order valence-electron chi connectivity index (χ0n) is 10.5. The van der Waals surface area contributed by atoms with Gasteiger partial charge in [0.2, 0.25) is 5.95 Å². The van der Waals surface area contributed by atoms with E-state index < -0.39 is 0 Å². The molecule has 2 aromatic rings. The Hall–Kier alpha value is -2.81. The van der Waals surface area contributed by atoms with E-state index in [0.717, 1.165) is 11.1 Å². The Bertz CT molecular complexity index is 605. The molecule has 0 fully saturated rings. The second kappa shape index (κ2) is 5.69. The van der Waals surface area contributed by atoms with Crippen LogP contribution in [-0.4, -0.2) is 24.2 Å². The first-order valence-corrected chi connectivity index (χ1v) is 5.48. The first-order chi connectivity index (χ1) is 9.28. The predicted molar refractivity (Wildman–Crippen MR) is 69.8 cm³/mol. The Morgan fingerprint density at radius 2 is 1.89 bits per heavy atom. The van der Waals surface area contributed by atoms with Crippen molar-refractivity contribution in [1.29, 1.82) is 5.26 Å². The van der Waals surface area contributed by atoms with Gasteiger partial charge in [0.1, 0.15) is 11.5 Å². The second-order valence-corrected chi connectivity index (χ2v) is 3.60. The van der Waals surface area contributed by atoms with Gasteiger partial charge in [-0.2, -0.15) is 5.26 Å². The molecule has 0 bridgehead atoms. The second-order valence-electron chi connectivity index (χ2n) is 3.60. The highest BCUT2D eigenvalue weighted by Crippen LogP contribution is 2.32. The van der Waals surface area contributed by atoms with Gasteiger partial charge in [-0.3, -0.25) is 5.32 Å². The van der Waals surface area contributed by atoms with Gasteiger partial charge in [-0.25, -0.2) is 9.97 Å². The molecule has 1 N–H and O–H groups in total. The number of benzene rings is 1. The quantitative estimate of drug-likeness (QED) is 0.666. The van der Waals surface area contributed by atoms with Crippen molar-refractivity contribution in [3.8, 4) is 28.8 Å². The van der Waals surface area contributed by atoms with Crippen molar-refractivity contribution in [2.45, 2.75) is 0 Å². The molecule has 0 atom stereocenters. The van der Waals surface area contributed by atoms with E-state index in [4.69, 9.17) is 14.7 Å². The van der Waals surface area contributed by atoms with Crippen molar-refractivity contribution in [1.82, 2.24) is 9.97 Å². The average molecular weight is 256 g/mol. The highest BCUT2D eigenvalue weighted by molar-refractivity contribution is 5.70. The molecule has 0 saturated heterocycles. The highest BCUT2D eigenvalue weighted by atomic mass is 16.5. The molecule has 1 heterocycles. The maximum Gasteiger partial charge on any atom is 0.236 e. The Labute approximate surface area is 110 Å². The number of anilines is 1. The van der Waals surface area contributed by atoms with Crippen LogP contribution in [0.4, 0.5) is 5.95 Å². The van der Waals surface area contributed by atoms with Gasteiger partial charge in [-0.1, -0.05) is 0 Å². The number of rotatable bonds is 4. The number of methoxy groups -OCH3 is 2. The summed E-state index contributed by atoms with van der Waals surface area (Å²) in [5.74, 6) is 1.65. The molecular formula is C13H12N4O2. The molecule has 96 valence electrons. The lowest BCUT2D eigenvalue weighted by atomic mass is 10.1. The minimum Gasteiger partial charge on any atom is -0.497 e. The molecule has 0 amide bonds. The molecule has 2 rings (SSSR count). The lowest BCUT2D eigenvalue weighted by Crippen LogP contribution is -1.96. The molecule has 0 radical (unpaired) electrons. The smallest absolute Gasteiger partial charge is 0.236 e. The summed E-state index contributed by atoms with van der Waals surface area (Å²) < 4.78 is 10.5. The summed E-state index contributed by atoms with van der Waals surface area (Å²) >= 11 is 0. The van der Waals surface area contributed by atoms with E-state index in [1.54, 1.807) is 38.9 Å². The van der Waals surface area contributed by atoms with Gasteiger partial charge >= 0.3 is 0 Å². The third-order valence-electron chi connectivity index (χ3n) is 2.54. The fourth-order valence-electron chi connectivity index (χ4n) is 1.62. The van der Waals surface area contributed by atoms with E-state index in [0.29, 0.717) is 11.5 Å². The minimum absolute atomic E-state index is 0.263. The Balaban J connectivity index is 2.38. The van der Waals surface area contributed by atoms with Crippen LogP contribution in [0.3, 0.4) is 0 Å². The summed E-state index contributed by atoms with van der Waals surface area (Å²) in [4.78, 5) is 8.06. The summed E-state index contributed by atoms with van der Waals surface area (Å²) in [5.41, 5.74) is 1.65. The third-order valence-corrected chi connectivity index (χ3v) is 2.54. The van der Waals surface area contributed by atoms with E-state index in [1.165, 1.54) is 0 Å². The summed E-state index contributed by atoms with van der Waals surface area (Å²) in [5, 5.41) is 10.8. The van der Waals surface area contributed by atoms with E-state index >= 15 is 0 Å². The van der Waals surface area contributed by atoms with Crippen molar-refractivity contribution in [2.75, 3.05) is 19.5 Å². The van der Waals surface area contributed by atoms with Crippen LogP contribution < -0.4 is 14.8 Å². The fourth-order valence-corrected chi connectivity index (χ4v) is 1.62. The van der Waals surface area contributed by atoms with Crippen molar-refractivity contribution < 1.29 is 9.47 Å². The summed E-state index contributed by atoms with van der Waals surface area (Å²) in [6.45, 7) is 0. The maximum absolute atomic E-state index is 8.47. The fraction of sp³-hybridized carbons (Fsp3) is 0.154. The van der Waals surface area contributed by atoms with Gasteiger partial charge in [-0.05, 0) is 12.1 Å². The number of hydrogen-bond acceptors (Lipinski definition) is 6. The average Bonchev–Trinajstić information content (AvgIpc) is 2.48. The lowest BCUT2D eigenvalue weighted by molar-refractivity contribution is 0.395. The topological polar surface area (TPSA) is 80.1 Å². The Morgan fingerprint density at radius 1 is 1.16 bits per heavy atom. The normalized spacial score (nSPS) is 9.53. The van der Waals surface area contributed by atoms with E-state index in [9.17, 15) is 0 Å². The first kappa shape index (κ1) is 12.6. The van der Waals surface area contributed by atoms with Crippen LogP contribution in [0.25, 0.3) is 11.1 Å². The van der Waals surface area contributed by atoms with Gasteiger partial charge in [0.05, 0.1) is 14.2 Å². The predicted octanol–water partition coefficient (Wildman–Crippen LogP) is 2.05. The molecule has 6 heteroatoms. The van der Waals surface area contributed by atoms with Gasteiger partial charge < -0.3 is 9.47 Å². The molecule has 0 aliphatic rings. The van der Waals surface area contributed by atoms with Crippen molar-refractivity contribution in [2.24, 2.45) is 0 Å². The van der Waals surface area contributed by atoms with Gasteiger partial charge in [0.15, 0.2) is 6.19 Å². The molecular weight excluding hydrogens is 244 g/mol. The largest absolute Gasteiger partial charge is 0.497 e. The van der Waals surface area contributed by atoms with Crippen molar-refractivity contribution in [3.63, 3.8) is 0 Å². The van der Waals surface area contributed by atoms with Crippen LogP contribution in [0.2, 0.25) is 0 Å². The van der Waals surface area contributed by atoms with E-state index in [2.05, 4.69) is 15.3 Å². The SMILES string of the molecule is COc1ccc(-c2cnc(NC#N)nc2)c(OC)c1. The molecule has 0 spiro atoms. The van der Waals surface area contributed by atoms with Gasteiger partial charge in [0.25, 0.3) is 0 Å². The summed E-state index contributed by atoms with van der Waals surface area (Å²) in [6, 6.07) is 5.49. The summed E-state index contributed by atoms with van der Waals surface area (Å²) in [7, 11) is 3.19. The van der Waals surface area contributed by atoms with Crippen LogP contribution >= 0.6 is 0 Å². The van der Waals surface area contributed by atoms with Gasteiger partial charge in [-0.15, -0.1) is 0 Å². The Morgan fingerprint density at radius 3 is 2.47 bits per heavy atom. The van der Waals surface area contributed by atoms with Gasteiger partial charge in [0, 0.05) is 29.6 Å². The zero-order valence-corrected chi connectivity index (χ0v) is 10.5. The van der Waals surface area contributed by atoms with Crippen LogP contribution in [-0.2, 0) is 0 Å². The number of hydrogen-bond donors (Lipinski definition) is 1. The Kier molecular flexibility index (Phi) is 3.78. The minimum atomic E-state index is 0.263. The number of aromatic nitrogens is 2. The molecule has 1 aromatic carbocycles. The standard InChI is InChI=1S/C13H12N4O2/c1-18-10-3-4-11(12(5-10)19-2)9-6-15-13(16-7-9)17-8-14/h3-7H,1-2H3,(H,15,16,17). The van der Waals surface area contributed by atoms with Crippen molar-refractivity contribution in [3.05, 3.63) is 30.6 Å². The first-order valence-electron chi connectivity index (χ1n) is 5.48. The number of nitriles is 1. The number of nitrogens with zero attached hydrogens (tertiary/aromatic N) is 3. The molecule has 1 aromatic heterocycles. The van der Waals surface area contributed by atoms with Crippen LogP contribution in [0.5, 0.6) is 11.5 Å². The maximum atomic E-state index is 8.47. The molecule has 19 heavy (non-hydrogen) atoms. The molecule has 0 aliphatic heterocycles. The monoisotopic (exact) mass is 256 g/mol.